The molecule has 2 aliphatic heterocycles. The number of hydrogen-bond donors (Lipinski definition) is 0. The van der Waals surface area contributed by atoms with Crippen molar-refractivity contribution in [2.75, 3.05) is 12.0 Å². The largest absolute Gasteiger partial charge is 0.497 e. The summed E-state index contributed by atoms with van der Waals surface area (Å²) in [6, 6.07) is 28.3. The summed E-state index contributed by atoms with van der Waals surface area (Å²) in [5, 5.41) is 0. The maximum atomic E-state index is 14.7. The van der Waals surface area contributed by atoms with E-state index in [-0.39, 0.29) is 17.3 Å². The number of benzene rings is 4. The molecule has 2 heterocycles. The summed E-state index contributed by atoms with van der Waals surface area (Å²) in [4.78, 5) is 46.0. The third kappa shape index (κ3) is 3.18. The van der Waals surface area contributed by atoms with Crippen molar-refractivity contribution < 1.29 is 19.1 Å². The maximum Gasteiger partial charge on any atom is 0.185 e. The summed E-state index contributed by atoms with van der Waals surface area (Å²) in [5.74, 6) is -0.657. The highest BCUT2D eigenvalue weighted by Crippen LogP contribution is 2.61. The quantitative estimate of drug-likeness (QED) is 0.231. The third-order valence-electron chi connectivity index (χ3n) is 8.76. The number of methoxy groups -OCH3 is 1. The lowest BCUT2D eigenvalue weighted by molar-refractivity contribution is 0.0666. The predicted octanol–water partition coefficient (Wildman–Crippen LogP) is 6.32. The molecule has 0 saturated carbocycles. The summed E-state index contributed by atoms with van der Waals surface area (Å²) in [6.07, 6.45) is 3.94. The van der Waals surface area contributed by atoms with Crippen LogP contribution in [0.2, 0.25) is 0 Å². The molecule has 0 aromatic heterocycles. The highest BCUT2D eigenvalue weighted by Gasteiger charge is 2.71. The summed E-state index contributed by atoms with van der Waals surface area (Å²) in [7, 11) is 1.60. The van der Waals surface area contributed by atoms with E-state index in [9.17, 15) is 14.4 Å². The lowest BCUT2D eigenvalue weighted by Gasteiger charge is -2.37. The van der Waals surface area contributed by atoms with Gasteiger partial charge in [0.05, 0.1) is 13.2 Å². The second-order valence-corrected chi connectivity index (χ2v) is 10.8. The van der Waals surface area contributed by atoms with Crippen LogP contribution in [0.4, 0.5) is 5.69 Å². The molecule has 5 nitrogen and oxygen atoms in total. The number of fused-ring (bicyclic) bond motifs is 5. The molecule has 4 aromatic carbocycles. The van der Waals surface area contributed by atoms with Crippen LogP contribution >= 0.6 is 0 Å². The Labute approximate surface area is 232 Å². The molecule has 4 aromatic rings. The number of aryl methyl sites for hydroxylation is 1. The smallest absolute Gasteiger partial charge is 0.185 e. The van der Waals surface area contributed by atoms with Crippen molar-refractivity contribution in [3.05, 3.63) is 137 Å². The SMILES string of the molecule is COc1ccc([C@H]2[C@H](C(=O)c3ccccc3)N3c4cc(C)ccc4C=CC3C23C(=O)c2ccccc2C3=O)cc1. The van der Waals surface area contributed by atoms with Gasteiger partial charge in [0.25, 0.3) is 0 Å². The van der Waals surface area contributed by atoms with Gasteiger partial charge in [0.15, 0.2) is 17.3 Å². The Bertz CT molecular complexity index is 1690. The summed E-state index contributed by atoms with van der Waals surface area (Å²) in [6.45, 7) is 2.01. The minimum Gasteiger partial charge on any atom is -0.497 e. The molecule has 1 saturated heterocycles. The first-order chi connectivity index (χ1) is 19.5. The van der Waals surface area contributed by atoms with Crippen molar-refractivity contribution in [2.24, 2.45) is 5.41 Å². The Morgan fingerprint density at radius 2 is 1.48 bits per heavy atom. The molecule has 0 bridgehead atoms. The highest BCUT2D eigenvalue weighted by atomic mass is 16.5. The number of hydrogen-bond acceptors (Lipinski definition) is 5. The Hall–Kier alpha value is -4.77. The first kappa shape index (κ1) is 24.3. The fraction of sp³-hybridized carbons (Fsp3) is 0.171. The van der Waals surface area contributed by atoms with Gasteiger partial charge in [-0.1, -0.05) is 91.0 Å². The van der Waals surface area contributed by atoms with Crippen LogP contribution in [0, 0.1) is 12.3 Å². The van der Waals surface area contributed by atoms with Crippen LogP contribution < -0.4 is 9.64 Å². The third-order valence-corrected chi connectivity index (χ3v) is 8.76. The van der Waals surface area contributed by atoms with Crippen molar-refractivity contribution in [1.29, 1.82) is 0 Å². The number of Topliss-reactive ketones (excluding diaryl/α,β-unsaturated/α-hetero) is 3. The van der Waals surface area contributed by atoms with Crippen molar-refractivity contribution in [3.63, 3.8) is 0 Å². The zero-order chi connectivity index (χ0) is 27.6. The van der Waals surface area contributed by atoms with E-state index in [1.807, 2.05) is 78.6 Å². The van der Waals surface area contributed by atoms with Crippen LogP contribution in [0.1, 0.15) is 53.7 Å². The zero-order valence-corrected chi connectivity index (χ0v) is 22.2. The molecule has 3 aliphatic rings. The molecule has 1 spiro atoms. The Morgan fingerprint density at radius 1 is 0.825 bits per heavy atom. The standard InChI is InChI=1S/C35H27NO4/c1-21-12-13-22-16-19-29-35(33(38)26-10-6-7-11-27(26)34(35)39)30(23-14-17-25(40-2)18-15-23)31(36(29)28(22)20-21)32(37)24-8-4-3-5-9-24/h3-20,29-31H,1-2H3/t29?,30-,31+/m0/s1. The van der Waals surface area contributed by atoms with Crippen molar-refractivity contribution in [1.82, 2.24) is 0 Å². The van der Waals surface area contributed by atoms with E-state index in [2.05, 4.69) is 6.07 Å². The highest BCUT2D eigenvalue weighted by molar-refractivity contribution is 6.32. The Morgan fingerprint density at radius 3 is 2.12 bits per heavy atom. The number of ether oxygens (including phenoxy) is 1. The minimum absolute atomic E-state index is 0.123. The summed E-state index contributed by atoms with van der Waals surface area (Å²) < 4.78 is 5.42. The van der Waals surface area contributed by atoms with Gasteiger partial charge < -0.3 is 9.64 Å². The Balaban J connectivity index is 1.55. The molecule has 3 atom stereocenters. The fourth-order valence-electron chi connectivity index (χ4n) is 7.03. The van der Waals surface area contributed by atoms with Crippen LogP contribution in [0.5, 0.6) is 5.75 Å². The Kier molecular flexibility index (Phi) is 5.39. The molecular formula is C35H27NO4. The van der Waals surface area contributed by atoms with Crippen LogP contribution in [0.25, 0.3) is 6.08 Å². The molecule has 1 unspecified atom stereocenters. The van der Waals surface area contributed by atoms with Crippen molar-refractivity contribution >= 4 is 29.1 Å². The van der Waals surface area contributed by atoms with E-state index in [4.69, 9.17) is 4.74 Å². The first-order valence-corrected chi connectivity index (χ1v) is 13.5. The number of nitrogens with zero attached hydrogens (tertiary/aromatic N) is 1. The van der Waals surface area contributed by atoms with E-state index in [1.165, 1.54) is 0 Å². The average Bonchev–Trinajstić information content (AvgIpc) is 3.43. The van der Waals surface area contributed by atoms with Gasteiger partial charge in [-0.05, 0) is 41.8 Å². The number of anilines is 1. The lowest BCUT2D eigenvalue weighted by Crippen LogP contribution is -2.48. The van der Waals surface area contributed by atoms with Gasteiger partial charge in [0.1, 0.15) is 17.2 Å². The second kappa shape index (κ2) is 8.88. The summed E-state index contributed by atoms with van der Waals surface area (Å²) in [5.41, 5.74) is 3.47. The normalized spacial score (nSPS) is 21.8. The minimum atomic E-state index is -1.51. The molecule has 5 heteroatoms. The molecule has 1 aliphatic carbocycles. The first-order valence-electron chi connectivity index (χ1n) is 13.5. The second-order valence-electron chi connectivity index (χ2n) is 10.8. The van der Waals surface area contributed by atoms with Crippen molar-refractivity contribution in [3.8, 4) is 5.75 Å². The van der Waals surface area contributed by atoms with Gasteiger partial charge in [-0.25, -0.2) is 0 Å². The summed E-state index contributed by atoms with van der Waals surface area (Å²) >= 11 is 0. The predicted molar refractivity (Wildman–Crippen MR) is 154 cm³/mol. The monoisotopic (exact) mass is 525 g/mol. The van der Waals surface area contributed by atoms with Gasteiger partial charge in [-0.15, -0.1) is 0 Å². The fourth-order valence-corrected chi connectivity index (χ4v) is 7.03. The van der Waals surface area contributed by atoms with E-state index in [0.29, 0.717) is 22.4 Å². The van der Waals surface area contributed by atoms with E-state index in [0.717, 1.165) is 22.4 Å². The number of carbonyl (C=O) groups is 3. The maximum absolute atomic E-state index is 14.7. The van der Waals surface area contributed by atoms with Gasteiger partial charge >= 0.3 is 0 Å². The van der Waals surface area contributed by atoms with Crippen LogP contribution in [-0.2, 0) is 0 Å². The molecule has 0 amide bonds. The average molecular weight is 526 g/mol. The van der Waals surface area contributed by atoms with E-state index < -0.39 is 23.4 Å². The molecule has 7 rings (SSSR count). The van der Waals surface area contributed by atoms with Gasteiger partial charge in [-0.2, -0.15) is 0 Å². The van der Waals surface area contributed by atoms with E-state index in [1.54, 1.807) is 43.5 Å². The zero-order valence-electron chi connectivity index (χ0n) is 22.2. The topological polar surface area (TPSA) is 63.7 Å². The molecule has 40 heavy (non-hydrogen) atoms. The van der Waals surface area contributed by atoms with E-state index >= 15 is 0 Å². The van der Waals surface area contributed by atoms with Gasteiger partial charge in [-0.3, -0.25) is 14.4 Å². The van der Waals surface area contributed by atoms with Gasteiger partial charge in [0.2, 0.25) is 0 Å². The lowest BCUT2D eigenvalue weighted by atomic mass is 9.64. The van der Waals surface area contributed by atoms with Crippen molar-refractivity contribution in [2.45, 2.75) is 24.9 Å². The molecule has 0 radical (unpaired) electrons. The molecule has 1 fully saturated rings. The molecule has 196 valence electrons. The van der Waals surface area contributed by atoms with Gasteiger partial charge in [0, 0.05) is 28.3 Å². The molecule has 0 N–H and O–H groups in total. The number of ketones is 3. The molecular weight excluding hydrogens is 498 g/mol. The van der Waals surface area contributed by atoms with Crippen LogP contribution in [0.15, 0.2) is 103 Å². The number of rotatable bonds is 4. The van der Waals surface area contributed by atoms with Crippen LogP contribution in [0.3, 0.4) is 0 Å². The van der Waals surface area contributed by atoms with Crippen LogP contribution in [-0.4, -0.2) is 36.5 Å². The number of carbonyl (C=O) groups excluding carboxylic acids is 3.